The van der Waals surface area contributed by atoms with Gasteiger partial charge in [0.2, 0.25) is 0 Å². The highest BCUT2D eigenvalue weighted by Gasteiger charge is 1.90. The van der Waals surface area contributed by atoms with Crippen LogP contribution < -0.4 is 0 Å². The Morgan fingerprint density at radius 3 is 2.56 bits per heavy atom. The lowest BCUT2D eigenvalue weighted by molar-refractivity contribution is 0.861. The van der Waals surface area contributed by atoms with Crippen LogP contribution in [0.15, 0.2) is 11.6 Å². The van der Waals surface area contributed by atoms with E-state index in [1.54, 1.807) is 0 Å². The maximum Gasteiger partial charge on any atom is 0.0226 e. The van der Waals surface area contributed by atoms with Crippen LogP contribution in [0.25, 0.3) is 0 Å². The Balaban J connectivity index is 3.33. The van der Waals surface area contributed by atoms with Crippen LogP contribution in [0.4, 0.5) is 0 Å². The van der Waals surface area contributed by atoms with Gasteiger partial charge in [0, 0.05) is 5.88 Å². The molecule has 0 N–H and O–H groups in total. The molecule has 0 aliphatic rings. The third-order valence-corrected chi connectivity index (χ3v) is 1.76. The van der Waals surface area contributed by atoms with E-state index in [1.165, 1.54) is 18.4 Å². The predicted octanol–water partition coefficient (Wildman–Crippen LogP) is 3.36. The fourth-order valence-corrected chi connectivity index (χ4v) is 0.953. The van der Waals surface area contributed by atoms with E-state index in [9.17, 15) is 0 Å². The van der Waals surface area contributed by atoms with E-state index >= 15 is 0 Å². The van der Waals surface area contributed by atoms with Crippen molar-refractivity contribution in [3.05, 3.63) is 11.6 Å². The van der Waals surface area contributed by atoms with E-state index in [2.05, 4.69) is 19.9 Å². The minimum atomic E-state index is 0.789. The zero-order chi connectivity index (χ0) is 7.11. The third kappa shape index (κ3) is 4.53. The third-order valence-electron chi connectivity index (χ3n) is 1.49. The summed E-state index contributed by atoms with van der Waals surface area (Å²) in [5.41, 5.74) is 1.52. The van der Waals surface area contributed by atoms with E-state index in [0.29, 0.717) is 0 Å². The summed E-state index contributed by atoms with van der Waals surface area (Å²) in [5, 5.41) is 0. The van der Waals surface area contributed by atoms with Crippen molar-refractivity contribution in [2.24, 2.45) is 0 Å². The molecule has 0 unspecified atom stereocenters. The summed E-state index contributed by atoms with van der Waals surface area (Å²) >= 11 is 5.53. The van der Waals surface area contributed by atoms with Gasteiger partial charge >= 0.3 is 0 Å². The van der Waals surface area contributed by atoms with E-state index in [1.807, 2.05) is 0 Å². The monoisotopic (exact) mass is 146 g/mol. The van der Waals surface area contributed by atoms with Crippen molar-refractivity contribution in [1.29, 1.82) is 0 Å². The number of allylic oxidation sites excluding steroid dienone is 2. The number of alkyl halides is 1. The quantitative estimate of drug-likeness (QED) is 0.422. The van der Waals surface area contributed by atoms with Gasteiger partial charge in [0.15, 0.2) is 0 Å². The first-order valence-corrected chi connectivity index (χ1v) is 4.08. The van der Waals surface area contributed by atoms with Gasteiger partial charge in [-0.05, 0) is 26.2 Å². The lowest BCUT2D eigenvalue weighted by Gasteiger charge is -1.99. The molecule has 0 aromatic heterocycles. The molecule has 1 heteroatoms. The fraction of sp³-hybridized carbons (Fsp3) is 0.750. The smallest absolute Gasteiger partial charge is 0.0226 e. The van der Waals surface area contributed by atoms with E-state index in [4.69, 9.17) is 11.6 Å². The van der Waals surface area contributed by atoms with Crippen molar-refractivity contribution >= 4 is 11.6 Å². The summed E-state index contributed by atoms with van der Waals surface area (Å²) in [6, 6.07) is 0. The van der Waals surface area contributed by atoms with Crippen molar-refractivity contribution in [3.63, 3.8) is 0 Å². The Labute approximate surface area is 62.9 Å². The molecule has 0 saturated heterocycles. The van der Waals surface area contributed by atoms with Crippen molar-refractivity contribution in [2.75, 3.05) is 5.88 Å². The van der Waals surface area contributed by atoms with Crippen molar-refractivity contribution in [1.82, 2.24) is 0 Å². The lowest BCUT2D eigenvalue weighted by atomic mass is 10.1. The fourth-order valence-electron chi connectivity index (χ4n) is 0.819. The second-order valence-electron chi connectivity index (χ2n) is 2.09. The Hall–Kier alpha value is 0.0300. The Kier molecular flexibility index (Phi) is 6.18. The maximum atomic E-state index is 5.53. The average Bonchev–Trinajstić information content (AvgIpc) is 1.91. The Bertz CT molecular complexity index is 84.6. The summed E-state index contributed by atoms with van der Waals surface area (Å²) in [4.78, 5) is 0. The number of hydrogen-bond donors (Lipinski definition) is 0. The minimum absolute atomic E-state index is 0.789. The van der Waals surface area contributed by atoms with Crippen LogP contribution in [-0.2, 0) is 0 Å². The molecular weight excluding hydrogens is 132 g/mol. The van der Waals surface area contributed by atoms with Gasteiger partial charge < -0.3 is 0 Å². The van der Waals surface area contributed by atoms with Gasteiger partial charge in [-0.2, -0.15) is 0 Å². The standard InChI is InChI=1S/C8H15Cl/c1-3-8(4-2)6-5-7-9/h3H,4-7H2,1-2H3/b8-3-. The van der Waals surface area contributed by atoms with Crippen LogP contribution in [0.3, 0.4) is 0 Å². The molecule has 0 atom stereocenters. The van der Waals surface area contributed by atoms with Gasteiger partial charge in [-0.25, -0.2) is 0 Å². The Morgan fingerprint density at radius 2 is 2.22 bits per heavy atom. The molecule has 0 aromatic rings. The van der Waals surface area contributed by atoms with Crippen LogP contribution in [0.5, 0.6) is 0 Å². The van der Waals surface area contributed by atoms with Gasteiger partial charge in [0.1, 0.15) is 0 Å². The van der Waals surface area contributed by atoms with Crippen LogP contribution >= 0.6 is 11.6 Å². The molecule has 0 nitrogen and oxygen atoms in total. The molecule has 0 aliphatic heterocycles. The van der Waals surface area contributed by atoms with Gasteiger partial charge in [-0.1, -0.05) is 18.6 Å². The highest BCUT2D eigenvalue weighted by atomic mass is 35.5. The first-order chi connectivity index (χ1) is 4.35. The second kappa shape index (κ2) is 6.15. The molecule has 0 rings (SSSR count). The number of halogens is 1. The minimum Gasteiger partial charge on any atom is -0.127 e. The lowest BCUT2D eigenvalue weighted by Crippen LogP contribution is -1.81. The SMILES string of the molecule is C/C=C(/CC)CCCCl. The first kappa shape index (κ1) is 9.03. The van der Waals surface area contributed by atoms with E-state index < -0.39 is 0 Å². The van der Waals surface area contributed by atoms with Gasteiger partial charge in [-0.3, -0.25) is 0 Å². The Morgan fingerprint density at radius 1 is 1.56 bits per heavy atom. The first-order valence-electron chi connectivity index (χ1n) is 3.55. The summed E-state index contributed by atoms with van der Waals surface area (Å²) in [6.45, 7) is 4.27. The molecule has 0 fully saturated rings. The van der Waals surface area contributed by atoms with Crippen molar-refractivity contribution < 1.29 is 0 Å². The summed E-state index contributed by atoms with van der Waals surface area (Å²) in [6.07, 6.45) is 5.66. The van der Waals surface area contributed by atoms with Gasteiger partial charge in [0.05, 0.1) is 0 Å². The average molecular weight is 147 g/mol. The number of rotatable bonds is 4. The van der Waals surface area contributed by atoms with Crippen LogP contribution in [0, 0.1) is 0 Å². The zero-order valence-electron chi connectivity index (χ0n) is 6.28. The molecule has 0 bridgehead atoms. The van der Waals surface area contributed by atoms with Crippen molar-refractivity contribution in [3.8, 4) is 0 Å². The molecule has 0 spiro atoms. The topological polar surface area (TPSA) is 0 Å². The molecule has 9 heavy (non-hydrogen) atoms. The van der Waals surface area contributed by atoms with Crippen molar-refractivity contribution in [2.45, 2.75) is 33.1 Å². The highest BCUT2D eigenvalue weighted by Crippen LogP contribution is 2.08. The van der Waals surface area contributed by atoms with E-state index in [-0.39, 0.29) is 0 Å². The largest absolute Gasteiger partial charge is 0.127 e. The second-order valence-corrected chi connectivity index (χ2v) is 2.47. The van der Waals surface area contributed by atoms with E-state index in [0.717, 1.165) is 12.3 Å². The van der Waals surface area contributed by atoms with Gasteiger partial charge in [-0.15, -0.1) is 11.6 Å². The summed E-state index contributed by atoms with van der Waals surface area (Å²) in [7, 11) is 0. The summed E-state index contributed by atoms with van der Waals surface area (Å²) < 4.78 is 0. The predicted molar refractivity (Wildman–Crippen MR) is 44.0 cm³/mol. The van der Waals surface area contributed by atoms with Crippen LogP contribution in [0.2, 0.25) is 0 Å². The molecule has 0 aliphatic carbocycles. The normalized spacial score (nSPS) is 12.1. The number of hydrogen-bond acceptors (Lipinski definition) is 0. The maximum absolute atomic E-state index is 5.53. The summed E-state index contributed by atoms with van der Waals surface area (Å²) in [5.74, 6) is 0.789. The highest BCUT2D eigenvalue weighted by molar-refractivity contribution is 6.17. The van der Waals surface area contributed by atoms with Crippen LogP contribution in [0.1, 0.15) is 33.1 Å². The molecule has 0 radical (unpaired) electrons. The molecular formula is C8H15Cl. The molecule has 0 amide bonds. The zero-order valence-corrected chi connectivity index (χ0v) is 7.04. The molecule has 0 saturated carbocycles. The van der Waals surface area contributed by atoms with Crippen LogP contribution in [-0.4, -0.2) is 5.88 Å². The molecule has 54 valence electrons. The van der Waals surface area contributed by atoms with Gasteiger partial charge in [0.25, 0.3) is 0 Å². The molecule has 0 heterocycles. The molecule has 0 aromatic carbocycles.